The Morgan fingerprint density at radius 1 is 1.12 bits per heavy atom. The molecule has 2 aromatic carbocycles. The molecule has 0 saturated carbocycles. The first kappa shape index (κ1) is 17.4. The lowest BCUT2D eigenvalue weighted by atomic mass is 10.2. The number of nitrogens with zero attached hydrogens (tertiary/aromatic N) is 2. The van der Waals surface area contributed by atoms with E-state index in [4.69, 9.17) is 4.74 Å². The van der Waals surface area contributed by atoms with Crippen LogP contribution >= 0.6 is 0 Å². The molecule has 3 rings (SSSR count). The second kappa shape index (κ2) is 8.11. The number of aliphatic imine (C=N–C) groups is 1. The number of aromatic nitrogens is 2. The van der Waals surface area contributed by atoms with Crippen molar-refractivity contribution in [2.75, 3.05) is 6.61 Å². The summed E-state index contributed by atoms with van der Waals surface area (Å²) in [6, 6.07) is 18.5. The quantitative estimate of drug-likeness (QED) is 0.549. The van der Waals surface area contributed by atoms with Crippen molar-refractivity contribution in [3.05, 3.63) is 82.3 Å². The average molecular weight is 349 g/mol. The smallest absolute Gasteiger partial charge is 0.311 e. The lowest BCUT2D eigenvalue weighted by Crippen LogP contribution is -2.17. The Kier molecular flexibility index (Phi) is 5.43. The molecule has 1 aromatic heterocycles. The maximum atomic E-state index is 12.8. The molecule has 0 fully saturated rings. The van der Waals surface area contributed by atoms with Gasteiger partial charge in [-0.3, -0.25) is 19.7 Å². The van der Waals surface area contributed by atoms with Gasteiger partial charge in [-0.25, -0.2) is 4.68 Å². The van der Waals surface area contributed by atoms with E-state index in [9.17, 15) is 9.59 Å². The molecule has 1 N–H and O–H groups in total. The Balaban J connectivity index is 2.02. The van der Waals surface area contributed by atoms with Gasteiger partial charge < -0.3 is 4.74 Å². The van der Waals surface area contributed by atoms with Gasteiger partial charge in [0.05, 0.1) is 35.7 Å². The molecule has 0 saturated heterocycles. The highest BCUT2D eigenvalue weighted by Crippen LogP contribution is 2.12. The molecule has 0 atom stereocenters. The monoisotopic (exact) mass is 349 g/mol. The zero-order chi connectivity index (χ0) is 18.4. The van der Waals surface area contributed by atoms with E-state index in [1.54, 1.807) is 6.92 Å². The molecule has 1 heterocycles. The summed E-state index contributed by atoms with van der Waals surface area (Å²) >= 11 is 0. The third-order valence-electron chi connectivity index (χ3n) is 3.75. The van der Waals surface area contributed by atoms with E-state index >= 15 is 0 Å². The number of esters is 1. The Morgan fingerprint density at radius 2 is 1.77 bits per heavy atom. The fourth-order valence-electron chi connectivity index (χ4n) is 2.53. The molecule has 0 unspecified atom stereocenters. The van der Waals surface area contributed by atoms with Crippen LogP contribution < -0.4 is 5.56 Å². The van der Waals surface area contributed by atoms with Gasteiger partial charge in [-0.2, -0.15) is 0 Å². The van der Waals surface area contributed by atoms with Crippen LogP contribution in [0.5, 0.6) is 0 Å². The first-order valence-electron chi connectivity index (χ1n) is 8.33. The third kappa shape index (κ3) is 3.97. The maximum absolute atomic E-state index is 12.8. The van der Waals surface area contributed by atoms with E-state index in [2.05, 4.69) is 10.1 Å². The highest BCUT2D eigenvalue weighted by Gasteiger charge is 2.17. The summed E-state index contributed by atoms with van der Waals surface area (Å²) in [4.78, 5) is 29.1. The molecule has 0 spiro atoms. The number of para-hydroxylation sites is 2. The van der Waals surface area contributed by atoms with Gasteiger partial charge in [0.1, 0.15) is 0 Å². The number of rotatable bonds is 6. The largest absolute Gasteiger partial charge is 0.466 e. The average Bonchev–Trinajstić information content (AvgIpc) is 2.97. The number of carbonyl (C=O) groups is 1. The van der Waals surface area contributed by atoms with Crippen LogP contribution in [0, 0.1) is 0 Å². The highest BCUT2D eigenvalue weighted by molar-refractivity contribution is 5.85. The van der Waals surface area contributed by atoms with Crippen LogP contribution in [0.1, 0.15) is 18.2 Å². The number of hydrogen-bond donors (Lipinski definition) is 1. The summed E-state index contributed by atoms with van der Waals surface area (Å²) in [6.07, 6.45) is 1.46. The predicted molar refractivity (Wildman–Crippen MR) is 100 cm³/mol. The van der Waals surface area contributed by atoms with Crippen molar-refractivity contribution in [1.82, 2.24) is 9.78 Å². The van der Waals surface area contributed by atoms with E-state index in [-0.39, 0.29) is 18.6 Å². The lowest BCUT2D eigenvalue weighted by molar-refractivity contribution is -0.142. The molecule has 0 aliphatic heterocycles. The van der Waals surface area contributed by atoms with Crippen LogP contribution in [0.3, 0.4) is 0 Å². The van der Waals surface area contributed by atoms with Gasteiger partial charge in [-0.15, -0.1) is 0 Å². The van der Waals surface area contributed by atoms with Crippen molar-refractivity contribution >= 4 is 17.9 Å². The summed E-state index contributed by atoms with van der Waals surface area (Å²) in [5.41, 5.74) is 1.95. The van der Waals surface area contributed by atoms with Gasteiger partial charge in [0.25, 0.3) is 5.56 Å². The number of carbonyl (C=O) groups excluding carboxylic acids is 1. The van der Waals surface area contributed by atoms with Crippen LogP contribution in [0.25, 0.3) is 5.69 Å². The van der Waals surface area contributed by atoms with Gasteiger partial charge in [0.15, 0.2) is 0 Å². The fourth-order valence-corrected chi connectivity index (χ4v) is 2.53. The minimum Gasteiger partial charge on any atom is -0.466 e. The molecule has 0 aliphatic rings. The summed E-state index contributed by atoms with van der Waals surface area (Å²) in [7, 11) is 0. The summed E-state index contributed by atoms with van der Waals surface area (Å²) in [5, 5.41) is 3.00. The topological polar surface area (TPSA) is 76.5 Å². The zero-order valence-corrected chi connectivity index (χ0v) is 14.4. The molecule has 0 amide bonds. The molecule has 6 nitrogen and oxygen atoms in total. The second-order valence-electron chi connectivity index (χ2n) is 5.56. The Hall–Kier alpha value is -3.41. The maximum Gasteiger partial charge on any atom is 0.311 e. The molecule has 3 aromatic rings. The lowest BCUT2D eigenvalue weighted by Gasteiger charge is -2.02. The minimum absolute atomic E-state index is 0.0287. The van der Waals surface area contributed by atoms with Crippen molar-refractivity contribution in [3.8, 4) is 5.69 Å². The number of ether oxygens (including phenoxy) is 1. The van der Waals surface area contributed by atoms with Crippen molar-refractivity contribution in [1.29, 1.82) is 0 Å². The molecule has 6 heteroatoms. The minimum atomic E-state index is -0.400. The molecular weight excluding hydrogens is 330 g/mol. The zero-order valence-electron chi connectivity index (χ0n) is 14.4. The molecule has 0 radical (unpaired) electrons. The molecule has 26 heavy (non-hydrogen) atoms. The number of benzene rings is 2. The van der Waals surface area contributed by atoms with Gasteiger partial charge in [-0.1, -0.05) is 36.4 Å². The van der Waals surface area contributed by atoms with Crippen molar-refractivity contribution in [3.63, 3.8) is 0 Å². The first-order valence-corrected chi connectivity index (χ1v) is 8.33. The van der Waals surface area contributed by atoms with Gasteiger partial charge in [0.2, 0.25) is 0 Å². The fraction of sp³-hybridized carbons (Fsp3) is 0.150. The van der Waals surface area contributed by atoms with Crippen LogP contribution in [0.15, 0.2) is 70.5 Å². The predicted octanol–water partition coefficient (Wildman–Crippen LogP) is 3.02. The molecule has 0 bridgehead atoms. The van der Waals surface area contributed by atoms with E-state index < -0.39 is 5.97 Å². The Bertz CT molecular complexity index is 957. The van der Waals surface area contributed by atoms with Gasteiger partial charge >= 0.3 is 5.97 Å². The van der Waals surface area contributed by atoms with E-state index in [0.717, 1.165) is 5.69 Å². The van der Waals surface area contributed by atoms with Crippen LogP contribution in [-0.4, -0.2) is 28.6 Å². The molecule has 0 aliphatic carbocycles. The van der Waals surface area contributed by atoms with Crippen LogP contribution in [0.2, 0.25) is 0 Å². The number of H-pyrrole nitrogens is 1. The van der Waals surface area contributed by atoms with Crippen LogP contribution in [0.4, 0.5) is 5.69 Å². The van der Waals surface area contributed by atoms with Crippen molar-refractivity contribution in [2.45, 2.75) is 13.3 Å². The SMILES string of the molecule is CCOC(=O)Cc1[nH]n(-c2ccccc2)c(=O)c1C=Nc1ccccc1. The number of hydrogen-bond acceptors (Lipinski definition) is 4. The van der Waals surface area contributed by atoms with Crippen molar-refractivity contribution in [2.24, 2.45) is 4.99 Å². The summed E-state index contributed by atoms with van der Waals surface area (Å²) in [6.45, 7) is 2.03. The van der Waals surface area contributed by atoms with E-state index in [1.807, 2.05) is 60.7 Å². The third-order valence-corrected chi connectivity index (χ3v) is 3.75. The molecule has 132 valence electrons. The van der Waals surface area contributed by atoms with E-state index in [1.165, 1.54) is 10.9 Å². The molecular formula is C20H19N3O3. The number of aromatic amines is 1. The van der Waals surface area contributed by atoms with Gasteiger partial charge in [-0.05, 0) is 31.2 Å². The Morgan fingerprint density at radius 3 is 2.42 bits per heavy atom. The highest BCUT2D eigenvalue weighted by atomic mass is 16.5. The van der Waals surface area contributed by atoms with Crippen LogP contribution in [-0.2, 0) is 16.0 Å². The van der Waals surface area contributed by atoms with Gasteiger partial charge in [0, 0.05) is 6.21 Å². The first-order chi connectivity index (χ1) is 12.7. The standard InChI is InChI=1S/C20H19N3O3/c1-2-26-19(24)13-18-17(14-21-15-9-5-3-6-10-15)20(25)23(22-18)16-11-7-4-8-12-16/h3-12,14,22H,2,13H2,1H3. The normalized spacial score (nSPS) is 11.0. The summed E-state index contributed by atoms with van der Waals surface area (Å²) < 4.78 is 6.41. The summed E-state index contributed by atoms with van der Waals surface area (Å²) in [5.74, 6) is -0.400. The van der Waals surface area contributed by atoms with E-state index in [0.29, 0.717) is 16.9 Å². The van der Waals surface area contributed by atoms with Crippen molar-refractivity contribution < 1.29 is 9.53 Å². The Labute approximate surface area is 150 Å². The number of nitrogens with one attached hydrogen (secondary N) is 1. The second-order valence-corrected chi connectivity index (χ2v) is 5.56.